The van der Waals surface area contributed by atoms with Gasteiger partial charge >= 0.3 is 0 Å². The van der Waals surface area contributed by atoms with Crippen molar-refractivity contribution >= 4 is 39.4 Å². The molecule has 1 amide bonds. The number of amides is 1. The van der Waals surface area contributed by atoms with Gasteiger partial charge in [0.25, 0.3) is 0 Å². The molecule has 0 radical (unpaired) electrons. The number of nitrogens with zero attached hydrogens (tertiary/aromatic N) is 4. The maximum absolute atomic E-state index is 15.8. The van der Waals surface area contributed by atoms with Crippen molar-refractivity contribution < 1.29 is 32.9 Å². The minimum absolute atomic E-state index is 0.0266. The summed E-state index contributed by atoms with van der Waals surface area (Å²) in [6, 6.07) is 5.51. The molecule has 1 saturated heterocycles. The fourth-order valence-corrected chi connectivity index (χ4v) is 6.09. The molecular weight excluding hydrogens is 635 g/mol. The summed E-state index contributed by atoms with van der Waals surface area (Å²) in [5.74, 6) is 0.621. The topological polar surface area (TPSA) is 93.1 Å². The van der Waals surface area contributed by atoms with Crippen molar-refractivity contribution in [3.63, 3.8) is 0 Å². The number of halogens is 2. The second-order valence-corrected chi connectivity index (χ2v) is 12.1. The highest BCUT2D eigenvalue weighted by Gasteiger charge is 2.35. The van der Waals surface area contributed by atoms with Crippen LogP contribution in [-0.4, -0.2) is 94.1 Å². The molecule has 0 aromatic heterocycles. The molecule has 12 heteroatoms. The van der Waals surface area contributed by atoms with Gasteiger partial charge in [-0.1, -0.05) is 20.8 Å². The van der Waals surface area contributed by atoms with Crippen molar-refractivity contribution in [2.24, 2.45) is 4.02 Å². The Hall–Kier alpha value is -3.38. The van der Waals surface area contributed by atoms with Crippen LogP contribution < -0.4 is 19.1 Å². The van der Waals surface area contributed by atoms with E-state index in [1.54, 1.807) is 29.9 Å². The number of methoxy groups -OCH3 is 2. The number of amidine groups is 1. The van der Waals surface area contributed by atoms with Gasteiger partial charge in [-0.3, -0.25) is 9.59 Å². The van der Waals surface area contributed by atoms with Crippen LogP contribution in [0, 0.1) is 5.82 Å². The predicted molar refractivity (Wildman–Crippen MR) is 171 cm³/mol. The van der Waals surface area contributed by atoms with Gasteiger partial charge in [-0.15, -0.1) is 0 Å². The summed E-state index contributed by atoms with van der Waals surface area (Å²) in [5.41, 5.74) is 2.83. The van der Waals surface area contributed by atoms with Crippen LogP contribution in [0.1, 0.15) is 61.7 Å². The highest BCUT2D eigenvalue weighted by atomic mass is 79.9. The lowest BCUT2D eigenvalue weighted by Crippen LogP contribution is -2.50. The molecule has 2 aromatic carbocycles. The third kappa shape index (κ3) is 6.81. The first kappa shape index (κ1) is 33.5. The van der Waals surface area contributed by atoms with E-state index in [1.807, 2.05) is 19.1 Å². The molecule has 0 aliphatic carbocycles. The Kier molecular flexibility index (Phi) is 10.8. The van der Waals surface area contributed by atoms with Gasteiger partial charge in [0, 0.05) is 51.0 Å². The number of anilines is 1. The molecular formula is C32H42BrFN4O6. The minimum Gasteiger partial charge on any atom is -0.494 e. The zero-order chi connectivity index (χ0) is 32.2. The van der Waals surface area contributed by atoms with Crippen molar-refractivity contribution in [1.29, 1.82) is 0 Å². The first-order valence-electron chi connectivity index (χ1n) is 14.8. The fraction of sp³-hybridized carbons (Fsp3) is 0.531. The van der Waals surface area contributed by atoms with Crippen molar-refractivity contribution in [3.05, 3.63) is 46.3 Å². The maximum Gasteiger partial charge on any atom is 0.248 e. The lowest BCUT2D eigenvalue weighted by atomic mass is 9.84. The summed E-state index contributed by atoms with van der Waals surface area (Å²) in [6.07, 6.45) is 0. The lowest BCUT2D eigenvalue weighted by Gasteiger charge is -2.38. The van der Waals surface area contributed by atoms with Crippen molar-refractivity contribution in [3.8, 4) is 17.2 Å². The Bertz CT molecular complexity index is 1420. The van der Waals surface area contributed by atoms with E-state index in [9.17, 15) is 9.59 Å². The minimum atomic E-state index is -0.564. The van der Waals surface area contributed by atoms with Gasteiger partial charge in [0.15, 0.2) is 23.1 Å². The zero-order valence-corrected chi connectivity index (χ0v) is 28.2. The van der Waals surface area contributed by atoms with Crippen molar-refractivity contribution in [2.75, 3.05) is 71.7 Å². The first-order chi connectivity index (χ1) is 21.0. The Labute approximate surface area is 267 Å². The third-order valence-electron chi connectivity index (χ3n) is 7.80. The number of piperazine rings is 1. The highest BCUT2D eigenvalue weighted by Crippen LogP contribution is 2.42. The van der Waals surface area contributed by atoms with E-state index in [0.29, 0.717) is 61.2 Å². The standard InChI is InChI=1S/C32H42BrFN4O6/c1-8-43-25-16-21-17-38(31(35-33)27(21)28(34)30(25)44-9-2)18-24(39)20-14-22(32(3,4)5)29(42-7)23(15-20)36-10-12-37(13-11-36)26(40)19-41-6/h14-16H,8-13,17-19H2,1-7H3. The quantitative estimate of drug-likeness (QED) is 0.308. The molecule has 2 aliphatic rings. The number of hydrogen-bond acceptors (Lipinski definition) is 8. The van der Waals surface area contributed by atoms with Crippen molar-refractivity contribution in [1.82, 2.24) is 9.80 Å². The second-order valence-electron chi connectivity index (χ2n) is 11.7. The number of carbonyl (C=O) groups is 2. The van der Waals surface area contributed by atoms with Gasteiger partial charge in [0.2, 0.25) is 5.91 Å². The summed E-state index contributed by atoms with van der Waals surface area (Å²) in [4.78, 5) is 32.0. The number of carbonyl (C=O) groups excluding carboxylic acids is 2. The molecule has 0 N–H and O–H groups in total. The first-order valence-corrected chi connectivity index (χ1v) is 15.5. The Balaban J connectivity index is 1.66. The molecule has 44 heavy (non-hydrogen) atoms. The predicted octanol–water partition coefficient (Wildman–Crippen LogP) is 4.98. The lowest BCUT2D eigenvalue weighted by molar-refractivity contribution is -0.135. The third-order valence-corrected chi connectivity index (χ3v) is 8.14. The molecule has 2 heterocycles. The van der Waals surface area contributed by atoms with Gasteiger partial charge < -0.3 is 33.6 Å². The monoisotopic (exact) mass is 676 g/mol. The average molecular weight is 678 g/mol. The number of Topliss-reactive ketones (excluding diaryl/α,β-unsaturated/α-hetero) is 1. The summed E-state index contributed by atoms with van der Waals surface area (Å²) in [5, 5.41) is 0. The van der Waals surface area contributed by atoms with Crippen LogP contribution in [0.15, 0.2) is 22.2 Å². The maximum atomic E-state index is 15.8. The molecule has 240 valence electrons. The Morgan fingerprint density at radius 3 is 2.25 bits per heavy atom. The summed E-state index contributed by atoms with van der Waals surface area (Å²) >= 11 is 3.16. The molecule has 10 nitrogen and oxygen atoms in total. The van der Waals surface area contributed by atoms with Crippen molar-refractivity contribution in [2.45, 2.75) is 46.6 Å². The summed E-state index contributed by atoms with van der Waals surface area (Å²) in [6.45, 7) is 13.0. The molecule has 0 saturated carbocycles. The molecule has 0 unspecified atom stereocenters. The molecule has 0 bridgehead atoms. The summed E-state index contributed by atoms with van der Waals surface area (Å²) < 4.78 is 42.2. The number of hydrogen-bond donors (Lipinski definition) is 0. The van der Waals surface area contributed by atoms with E-state index in [-0.39, 0.29) is 54.7 Å². The van der Waals surface area contributed by atoms with E-state index < -0.39 is 5.82 Å². The number of rotatable bonds is 11. The van der Waals surface area contributed by atoms with Crippen LogP contribution in [0.4, 0.5) is 10.1 Å². The Morgan fingerprint density at radius 2 is 1.68 bits per heavy atom. The van der Waals surface area contributed by atoms with Gasteiger partial charge in [-0.2, -0.15) is 4.02 Å². The van der Waals surface area contributed by atoms with Crippen LogP contribution in [0.3, 0.4) is 0 Å². The fourth-order valence-electron chi connectivity index (χ4n) is 5.69. The number of fused-ring (bicyclic) bond motifs is 1. The molecule has 1 fully saturated rings. The smallest absolute Gasteiger partial charge is 0.248 e. The summed E-state index contributed by atoms with van der Waals surface area (Å²) in [7, 11) is 3.14. The van der Waals surface area contributed by atoms with Crippen LogP contribution in [0.25, 0.3) is 0 Å². The Morgan fingerprint density at radius 1 is 1.00 bits per heavy atom. The van der Waals surface area contributed by atoms with Crippen LogP contribution >= 0.6 is 16.1 Å². The molecule has 4 rings (SSSR count). The van der Waals surface area contributed by atoms with E-state index in [2.05, 4.69) is 45.8 Å². The molecule has 2 aromatic rings. The van der Waals surface area contributed by atoms with Crippen LogP contribution in [0.2, 0.25) is 0 Å². The van der Waals surface area contributed by atoms with Gasteiger partial charge in [0.1, 0.15) is 18.2 Å². The van der Waals surface area contributed by atoms with Gasteiger partial charge in [-0.05, 0) is 43.0 Å². The molecule has 0 spiro atoms. The van der Waals surface area contributed by atoms with Crippen LogP contribution in [-0.2, 0) is 21.5 Å². The normalized spacial score (nSPS) is 15.9. The van der Waals surface area contributed by atoms with Gasteiger partial charge in [-0.25, -0.2) is 4.39 Å². The second kappa shape index (κ2) is 14.2. The van der Waals surface area contributed by atoms with E-state index >= 15 is 4.39 Å². The number of ketones is 1. The average Bonchev–Trinajstić information content (AvgIpc) is 3.35. The zero-order valence-electron chi connectivity index (χ0n) is 26.6. The van der Waals surface area contributed by atoms with E-state index in [0.717, 1.165) is 11.3 Å². The number of ether oxygens (including phenoxy) is 4. The SMILES string of the molecule is CCOc1cc2c(c(F)c1OCC)C(=NBr)N(CC(=O)c1cc(N3CCN(C(=O)COC)CC3)c(OC)c(C(C)(C)C)c1)C2. The molecule has 0 atom stereocenters. The number of benzene rings is 2. The molecule has 2 aliphatic heterocycles. The van der Waals surface area contributed by atoms with E-state index in [4.69, 9.17) is 18.9 Å². The highest BCUT2D eigenvalue weighted by molar-refractivity contribution is 9.08. The van der Waals surface area contributed by atoms with E-state index in [1.165, 1.54) is 7.11 Å². The van der Waals surface area contributed by atoms with Gasteiger partial charge in [0.05, 0.1) is 54.3 Å². The van der Waals surface area contributed by atoms with Crippen LogP contribution in [0.5, 0.6) is 17.2 Å². The largest absolute Gasteiger partial charge is 0.494 e.